The molecule has 0 saturated heterocycles. The number of hydrogen-bond donors (Lipinski definition) is 1. The summed E-state index contributed by atoms with van der Waals surface area (Å²) in [5, 5.41) is 8.03. The average Bonchev–Trinajstić information content (AvgIpc) is 2.71. The van der Waals surface area contributed by atoms with Gasteiger partial charge in [-0.05, 0) is 32.4 Å². The predicted octanol–water partition coefficient (Wildman–Crippen LogP) is 2.75. The highest BCUT2D eigenvalue weighted by Crippen LogP contribution is 2.05. The van der Waals surface area contributed by atoms with Crippen LogP contribution in [0.2, 0.25) is 0 Å². The zero-order valence-corrected chi connectivity index (χ0v) is 10.9. The summed E-state index contributed by atoms with van der Waals surface area (Å²) in [6, 6.07) is 2.22. The Kier molecular flexibility index (Phi) is 6.16. The minimum Gasteiger partial charge on any atom is -0.311 e. The number of nitrogens with one attached hydrogen (secondary N) is 1. The van der Waals surface area contributed by atoms with Gasteiger partial charge in [0.05, 0.1) is 11.4 Å². The van der Waals surface area contributed by atoms with Crippen LogP contribution < -0.4 is 5.32 Å². The SMILES string of the molecule is CCCCCNCc1cc(CC)nn1CC. The van der Waals surface area contributed by atoms with Gasteiger partial charge in [0.1, 0.15) is 0 Å². The standard InChI is InChI=1S/C13H25N3/c1-4-7-8-9-14-11-13-10-12(5-2)15-16(13)6-3/h10,14H,4-9,11H2,1-3H3. The number of aromatic nitrogens is 2. The van der Waals surface area contributed by atoms with E-state index >= 15 is 0 Å². The van der Waals surface area contributed by atoms with Crippen molar-refractivity contribution in [2.24, 2.45) is 0 Å². The highest BCUT2D eigenvalue weighted by molar-refractivity contribution is 5.10. The van der Waals surface area contributed by atoms with E-state index in [0.29, 0.717) is 0 Å². The minimum absolute atomic E-state index is 0.949. The zero-order chi connectivity index (χ0) is 11.8. The molecular weight excluding hydrogens is 198 g/mol. The fourth-order valence-corrected chi connectivity index (χ4v) is 1.82. The molecule has 0 radical (unpaired) electrons. The van der Waals surface area contributed by atoms with E-state index < -0.39 is 0 Å². The van der Waals surface area contributed by atoms with Crippen LogP contribution in [0.25, 0.3) is 0 Å². The van der Waals surface area contributed by atoms with Crippen molar-refractivity contribution in [3.8, 4) is 0 Å². The third-order valence-corrected chi connectivity index (χ3v) is 2.84. The molecule has 0 aromatic carbocycles. The molecule has 1 N–H and O–H groups in total. The monoisotopic (exact) mass is 223 g/mol. The van der Waals surface area contributed by atoms with Crippen LogP contribution in [0, 0.1) is 0 Å². The van der Waals surface area contributed by atoms with Gasteiger partial charge in [0.15, 0.2) is 0 Å². The first kappa shape index (κ1) is 13.2. The number of hydrogen-bond acceptors (Lipinski definition) is 2. The van der Waals surface area contributed by atoms with Gasteiger partial charge in [-0.15, -0.1) is 0 Å². The van der Waals surface area contributed by atoms with Gasteiger partial charge in [0.2, 0.25) is 0 Å². The molecular formula is C13H25N3. The van der Waals surface area contributed by atoms with E-state index in [2.05, 4.69) is 41.9 Å². The Bertz CT molecular complexity index is 291. The molecule has 0 aliphatic rings. The van der Waals surface area contributed by atoms with E-state index in [1.165, 1.54) is 30.7 Å². The van der Waals surface area contributed by atoms with E-state index in [1.807, 2.05) is 0 Å². The molecule has 1 aromatic heterocycles. The van der Waals surface area contributed by atoms with Crippen LogP contribution in [-0.2, 0) is 19.5 Å². The van der Waals surface area contributed by atoms with Crippen molar-refractivity contribution in [2.45, 2.75) is 59.5 Å². The highest BCUT2D eigenvalue weighted by atomic mass is 15.3. The van der Waals surface area contributed by atoms with Crippen LogP contribution in [0.3, 0.4) is 0 Å². The smallest absolute Gasteiger partial charge is 0.0625 e. The van der Waals surface area contributed by atoms with Crippen LogP contribution in [0.5, 0.6) is 0 Å². The second-order valence-electron chi connectivity index (χ2n) is 4.18. The van der Waals surface area contributed by atoms with Crippen molar-refractivity contribution in [3.63, 3.8) is 0 Å². The van der Waals surface area contributed by atoms with Gasteiger partial charge in [0, 0.05) is 13.1 Å². The number of nitrogens with zero attached hydrogens (tertiary/aromatic N) is 2. The molecule has 0 unspecified atom stereocenters. The van der Waals surface area contributed by atoms with Crippen LogP contribution >= 0.6 is 0 Å². The van der Waals surface area contributed by atoms with Gasteiger partial charge in [-0.2, -0.15) is 5.10 Å². The zero-order valence-electron chi connectivity index (χ0n) is 10.9. The average molecular weight is 223 g/mol. The molecule has 0 fully saturated rings. The molecule has 92 valence electrons. The minimum atomic E-state index is 0.949. The molecule has 3 heteroatoms. The van der Waals surface area contributed by atoms with Crippen molar-refractivity contribution in [1.29, 1.82) is 0 Å². The molecule has 0 aliphatic heterocycles. The van der Waals surface area contributed by atoms with Crippen molar-refractivity contribution < 1.29 is 0 Å². The van der Waals surface area contributed by atoms with E-state index in [0.717, 1.165) is 26.1 Å². The summed E-state index contributed by atoms with van der Waals surface area (Å²) in [5.41, 5.74) is 2.52. The summed E-state index contributed by atoms with van der Waals surface area (Å²) < 4.78 is 2.10. The second-order valence-corrected chi connectivity index (χ2v) is 4.18. The van der Waals surface area contributed by atoms with Crippen molar-refractivity contribution >= 4 is 0 Å². The Balaban J connectivity index is 2.37. The highest BCUT2D eigenvalue weighted by Gasteiger charge is 2.04. The summed E-state index contributed by atoms with van der Waals surface area (Å²) >= 11 is 0. The lowest BCUT2D eigenvalue weighted by atomic mass is 10.2. The maximum absolute atomic E-state index is 4.54. The van der Waals surface area contributed by atoms with E-state index in [9.17, 15) is 0 Å². The third-order valence-electron chi connectivity index (χ3n) is 2.84. The number of unbranched alkanes of at least 4 members (excludes halogenated alkanes) is 2. The lowest BCUT2D eigenvalue weighted by Crippen LogP contribution is -2.17. The Morgan fingerprint density at radius 1 is 1.25 bits per heavy atom. The Hall–Kier alpha value is -0.830. The molecule has 0 atom stereocenters. The Labute approximate surface area is 99.2 Å². The van der Waals surface area contributed by atoms with E-state index in [1.54, 1.807) is 0 Å². The molecule has 0 spiro atoms. The van der Waals surface area contributed by atoms with Crippen molar-refractivity contribution in [2.75, 3.05) is 6.54 Å². The maximum atomic E-state index is 4.54. The molecule has 0 saturated carbocycles. The molecule has 3 nitrogen and oxygen atoms in total. The first-order valence-electron chi connectivity index (χ1n) is 6.58. The first-order valence-corrected chi connectivity index (χ1v) is 6.58. The van der Waals surface area contributed by atoms with Crippen LogP contribution in [0.4, 0.5) is 0 Å². The van der Waals surface area contributed by atoms with Crippen LogP contribution in [-0.4, -0.2) is 16.3 Å². The first-order chi connectivity index (χ1) is 7.81. The summed E-state index contributed by atoms with van der Waals surface area (Å²) in [7, 11) is 0. The fraction of sp³-hybridized carbons (Fsp3) is 0.769. The van der Waals surface area contributed by atoms with Gasteiger partial charge in [-0.3, -0.25) is 4.68 Å². The van der Waals surface area contributed by atoms with Gasteiger partial charge < -0.3 is 5.32 Å². The largest absolute Gasteiger partial charge is 0.311 e. The maximum Gasteiger partial charge on any atom is 0.0625 e. The summed E-state index contributed by atoms with van der Waals surface area (Å²) in [6.45, 7) is 9.56. The molecule has 0 amide bonds. The summed E-state index contributed by atoms with van der Waals surface area (Å²) in [4.78, 5) is 0. The Morgan fingerprint density at radius 2 is 2.06 bits per heavy atom. The Morgan fingerprint density at radius 3 is 2.69 bits per heavy atom. The molecule has 1 heterocycles. The third kappa shape index (κ3) is 3.97. The normalized spacial score (nSPS) is 10.9. The molecule has 1 aromatic rings. The lowest BCUT2D eigenvalue weighted by Gasteiger charge is -2.06. The fourth-order valence-electron chi connectivity index (χ4n) is 1.82. The summed E-state index contributed by atoms with van der Waals surface area (Å²) in [6.07, 6.45) is 4.90. The van der Waals surface area contributed by atoms with Gasteiger partial charge in [-0.25, -0.2) is 0 Å². The quantitative estimate of drug-likeness (QED) is 0.687. The van der Waals surface area contributed by atoms with Gasteiger partial charge in [0.25, 0.3) is 0 Å². The van der Waals surface area contributed by atoms with E-state index in [4.69, 9.17) is 0 Å². The predicted molar refractivity (Wildman–Crippen MR) is 68.5 cm³/mol. The van der Waals surface area contributed by atoms with Crippen LogP contribution in [0.15, 0.2) is 6.07 Å². The molecule has 0 aliphatic carbocycles. The molecule has 0 bridgehead atoms. The van der Waals surface area contributed by atoms with E-state index in [-0.39, 0.29) is 0 Å². The van der Waals surface area contributed by atoms with Crippen molar-refractivity contribution in [3.05, 3.63) is 17.5 Å². The number of rotatable bonds is 8. The van der Waals surface area contributed by atoms with Gasteiger partial charge >= 0.3 is 0 Å². The second kappa shape index (κ2) is 7.44. The molecule has 1 rings (SSSR count). The van der Waals surface area contributed by atoms with Crippen LogP contribution in [0.1, 0.15) is 51.4 Å². The van der Waals surface area contributed by atoms with Gasteiger partial charge in [-0.1, -0.05) is 26.7 Å². The summed E-state index contributed by atoms with van der Waals surface area (Å²) in [5.74, 6) is 0. The topological polar surface area (TPSA) is 29.9 Å². The van der Waals surface area contributed by atoms with Crippen molar-refractivity contribution in [1.82, 2.24) is 15.1 Å². The lowest BCUT2D eigenvalue weighted by molar-refractivity contribution is 0.561. The molecule has 16 heavy (non-hydrogen) atoms. The number of aryl methyl sites for hydroxylation is 2.